The normalized spacial score (nSPS) is 10.1. The summed E-state index contributed by atoms with van der Waals surface area (Å²) in [7, 11) is 0. The topological polar surface area (TPSA) is 66.4 Å². The van der Waals surface area contributed by atoms with Crippen LogP contribution in [0, 0.1) is 5.82 Å². The van der Waals surface area contributed by atoms with E-state index >= 15 is 0 Å². The molecule has 1 aromatic heterocycles. The van der Waals surface area contributed by atoms with E-state index in [2.05, 4.69) is 5.32 Å². The number of rotatable bonds is 3. The third-order valence-corrected chi connectivity index (χ3v) is 3.09. The second kappa shape index (κ2) is 4.97. The number of halogens is 1. The van der Waals surface area contributed by atoms with Crippen molar-refractivity contribution in [3.8, 4) is 0 Å². The van der Waals surface area contributed by atoms with Crippen LogP contribution in [0.1, 0.15) is 20.0 Å². The SMILES string of the molecule is O=C(Nc1cccc(F)c1C(=O)O)c1cccs1. The lowest BCUT2D eigenvalue weighted by Crippen LogP contribution is -2.14. The van der Waals surface area contributed by atoms with Gasteiger partial charge in [0, 0.05) is 0 Å². The molecule has 0 aliphatic heterocycles. The van der Waals surface area contributed by atoms with Crippen LogP contribution in [0.15, 0.2) is 35.7 Å². The second-order valence-corrected chi connectivity index (χ2v) is 4.35. The average Bonchev–Trinajstić information content (AvgIpc) is 2.81. The Balaban J connectivity index is 2.32. The summed E-state index contributed by atoms with van der Waals surface area (Å²) >= 11 is 1.22. The third kappa shape index (κ3) is 2.38. The van der Waals surface area contributed by atoms with Gasteiger partial charge in [0.05, 0.1) is 10.6 Å². The highest BCUT2D eigenvalue weighted by molar-refractivity contribution is 7.12. The smallest absolute Gasteiger partial charge is 0.340 e. The Labute approximate surface area is 106 Å². The lowest BCUT2D eigenvalue weighted by molar-refractivity contribution is 0.0693. The summed E-state index contributed by atoms with van der Waals surface area (Å²) in [5, 5.41) is 13.0. The molecule has 0 aliphatic rings. The lowest BCUT2D eigenvalue weighted by atomic mass is 10.1. The molecular formula is C12H8FNO3S. The maximum atomic E-state index is 13.4. The maximum absolute atomic E-state index is 13.4. The number of carbonyl (C=O) groups excluding carboxylic acids is 1. The standard InChI is InChI=1S/C12H8FNO3S/c13-7-3-1-4-8(10(7)12(16)17)14-11(15)9-5-2-6-18-9/h1-6H,(H,14,15)(H,16,17). The molecule has 1 aromatic carbocycles. The minimum absolute atomic E-state index is 0.0547. The van der Waals surface area contributed by atoms with E-state index < -0.39 is 23.3 Å². The number of amides is 1. The minimum Gasteiger partial charge on any atom is -0.478 e. The van der Waals surface area contributed by atoms with E-state index in [0.717, 1.165) is 6.07 Å². The molecular weight excluding hydrogens is 257 g/mol. The van der Waals surface area contributed by atoms with Gasteiger partial charge in [-0.1, -0.05) is 12.1 Å². The van der Waals surface area contributed by atoms with Crippen LogP contribution < -0.4 is 5.32 Å². The van der Waals surface area contributed by atoms with Crippen LogP contribution in [-0.2, 0) is 0 Å². The highest BCUT2D eigenvalue weighted by Gasteiger charge is 2.17. The number of anilines is 1. The highest BCUT2D eigenvalue weighted by atomic mass is 32.1. The van der Waals surface area contributed by atoms with E-state index in [9.17, 15) is 14.0 Å². The number of carboxylic acid groups (broad SMARTS) is 1. The molecule has 18 heavy (non-hydrogen) atoms. The van der Waals surface area contributed by atoms with Gasteiger partial charge in [0.25, 0.3) is 5.91 Å². The predicted molar refractivity (Wildman–Crippen MR) is 65.6 cm³/mol. The molecule has 2 rings (SSSR count). The quantitative estimate of drug-likeness (QED) is 0.896. The summed E-state index contributed by atoms with van der Waals surface area (Å²) in [6, 6.07) is 7.01. The van der Waals surface area contributed by atoms with Gasteiger partial charge in [0.15, 0.2) is 0 Å². The summed E-state index contributed by atoms with van der Waals surface area (Å²) in [5.41, 5.74) is -0.594. The maximum Gasteiger partial charge on any atom is 0.340 e. The Bertz CT molecular complexity index is 595. The summed E-state index contributed by atoms with van der Waals surface area (Å²) in [6.07, 6.45) is 0. The molecule has 92 valence electrons. The van der Waals surface area contributed by atoms with E-state index in [1.54, 1.807) is 17.5 Å². The Hall–Kier alpha value is -2.21. The van der Waals surface area contributed by atoms with E-state index in [1.165, 1.54) is 23.5 Å². The van der Waals surface area contributed by atoms with Crippen molar-refractivity contribution in [2.45, 2.75) is 0 Å². The largest absolute Gasteiger partial charge is 0.478 e. The molecule has 6 heteroatoms. The number of hydrogen-bond donors (Lipinski definition) is 2. The number of nitrogens with one attached hydrogen (secondary N) is 1. The van der Waals surface area contributed by atoms with Crippen molar-refractivity contribution in [1.82, 2.24) is 0 Å². The van der Waals surface area contributed by atoms with Gasteiger partial charge in [-0.2, -0.15) is 0 Å². The van der Waals surface area contributed by atoms with Crippen LogP contribution in [0.2, 0.25) is 0 Å². The van der Waals surface area contributed by atoms with E-state index in [-0.39, 0.29) is 5.69 Å². The van der Waals surface area contributed by atoms with Crippen LogP contribution in [0.4, 0.5) is 10.1 Å². The zero-order chi connectivity index (χ0) is 13.1. The number of carbonyl (C=O) groups is 2. The van der Waals surface area contributed by atoms with E-state index in [0.29, 0.717) is 4.88 Å². The zero-order valence-corrected chi connectivity index (χ0v) is 9.83. The average molecular weight is 265 g/mol. The first-order valence-corrected chi connectivity index (χ1v) is 5.84. The van der Waals surface area contributed by atoms with Gasteiger partial charge in [-0.3, -0.25) is 4.79 Å². The molecule has 0 atom stereocenters. The molecule has 0 aliphatic carbocycles. The lowest BCUT2D eigenvalue weighted by Gasteiger charge is -2.07. The first kappa shape index (κ1) is 12.3. The van der Waals surface area contributed by atoms with Gasteiger partial charge in [0.2, 0.25) is 0 Å². The fourth-order valence-corrected chi connectivity index (χ4v) is 2.06. The molecule has 0 fully saturated rings. The Morgan fingerprint density at radius 1 is 1.22 bits per heavy atom. The summed E-state index contributed by atoms with van der Waals surface area (Å²) < 4.78 is 13.4. The Morgan fingerprint density at radius 2 is 2.00 bits per heavy atom. The summed E-state index contributed by atoms with van der Waals surface area (Å²) in [6.45, 7) is 0. The summed E-state index contributed by atoms with van der Waals surface area (Å²) in [5.74, 6) is -2.76. The molecule has 1 heterocycles. The Kier molecular flexibility index (Phi) is 3.38. The van der Waals surface area contributed by atoms with Crippen molar-refractivity contribution in [2.24, 2.45) is 0 Å². The highest BCUT2D eigenvalue weighted by Crippen LogP contribution is 2.20. The molecule has 1 amide bonds. The molecule has 0 saturated carbocycles. The predicted octanol–water partition coefficient (Wildman–Crippen LogP) is 2.84. The number of hydrogen-bond acceptors (Lipinski definition) is 3. The number of thiophene rings is 1. The first-order chi connectivity index (χ1) is 8.59. The van der Waals surface area contributed by atoms with Gasteiger partial charge < -0.3 is 10.4 Å². The van der Waals surface area contributed by atoms with Crippen molar-refractivity contribution >= 4 is 28.9 Å². The van der Waals surface area contributed by atoms with Crippen molar-refractivity contribution in [2.75, 3.05) is 5.32 Å². The first-order valence-electron chi connectivity index (χ1n) is 4.96. The molecule has 2 N–H and O–H groups in total. The molecule has 0 unspecified atom stereocenters. The molecule has 2 aromatic rings. The second-order valence-electron chi connectivity index (χ2n) is 3.40. The van der Waals surface area contributed by atoms with Gasteiger partial charge in [0.1, 0.15) is 11.4 Å². The van der Waals surface area contributed by atoms with Gasteiger partial charge in [-0.05, 0) is 23.6 Å². The van der Waals surface area contributed by atoms with Crippen molar-refractivity contribution < 1.29 is 19.1 Å². The molecule has 0 spiro atoms. The van der Waals surface area contributed by atoms with Crippen LogP contribution in [0.25, 0.3) is 0 Å². The molecule has 0 bridgehead atoms. The van der Waals surface area contributed by atoms with Crippen LogP contribution in [-0.4, -0.2) is 17.0 Å². The number of aromatic carboxylic acids is 1. The summed E-state index contributed by atoms with van der Waals surface area (Å²) in [4.78, 5) is 23.1. The van der Waals surface area contributed by atoms with Gasteiger partial charge in [-0.15, -0.1) is 11.3 Å². The number of benzene rings is 1. The molecule has 0 saturated heterocycles. The van der Waals surface area contributed by atoms with E-state index in [1.807, 2.05) is 0 Å². The van der Waals surface area contributed by atoms with Crippen molar-refractivity contribution in [3.05, 3.63) is 52.0 Å². The zero-order valence-electron chi connectivity index (χ0n) is 9.01. The fourth-order valence-electron chi connectivity index (χ4n) is 1.44. The van der Waals surface area contributed by atoms with Crippen LogP contribution >= 0.6 is 11.3 Å². The van der Waals surface area contributed by atoms with Crippen molar-refractivity contribution in [3.63, 3.8) is 0 Å². The number of carboxylic acids is 1. The van der Waals surface area contributed by atoms with Crippen LogP contribution in [0.5, 0.6) is 0 Å². The van der Waals surface area contributed by atoms with Gasteiger partial charge in [-0.25, -0.2) is 9.18 Å². The van der Waals surface area contributed by atoms with Gasteiger partial charge >= 0.3 is 5.97 Å². The van der Waals surface area contributed by atoms with E-state index in [4.69, 9.17) is 5.11 Å². The monoisotopic (exact) mass is 265 g/mol. The molecule has 4 nitrogen and oxygen atoms in total. The van der Waals surface area contributed by atoms with Crippen molar-refractivity contribution in [1.29, 1.82) is 0 Å². The fraction of sp³-hybridized carbons (Fsp3) is 0. The van der Waals surface area contributed by atoms with Crippen LogP contribution in [0.3, 0.4) is 0 Å². The third-order valence-electron chi connectivity index (χ3n) is 2.22. The molecule has 0 radical (unpaired) electrons. The Morgan fingerprint density at radius 3 is 2.61 bits per heavy atom. The minimum atomic E-state index is -1.42.